The van der Waals surface area contributed by atoms with E-state index in [1.165, 1.54) is 10.4 Å². The molecule has 31 heavy (non-hydrogen) atoms. The van der Waals surface area contributed by atoms with Gasteiger partial charge in [-0.25, -0.2) is 8.42 Å². The van der Waals surface area contributed by atoms with E-state index in [4.69, 9.17) is 9.47 Å². The van der Waals surface area contributed by atoms with E-state index in [1.807, 2.05) is 6.07 Å². The lowest BCUT2D eigenvalue weighted by Crippen LogP contribution is -2.32. The fourth-order valence-electron chi connectivity index (χ4n) is 3.71. The van der Waals surface area contributed by atoms with Gasteiger partial charge in [0.2, 0.25) is 10.0 Å². The van der Waals surface area contributed by atoms with Crippen molar-refractivity contribution in [2.24, 2.45) is 0 Å². The molecular formula is C23H30N2O5S. The lowest BCUT2D eigenvalue weighted by Gasteiger charge is -2.20. The molecule has 1 fully saturated rings. The number of hydrogen-bond donors (Lipinski definition) is 1. The van der Waals surface area contributed by atoms with E-state index in [2.05, 4.69) is 5.32 Å². The Kier molecular flexibility index (Phi) is 7.56. The lowest BCUT2D eigenvalue weighted by molar-refractivity contribution is 0.0950. The number of aryl methyl sites for hydroxylation is 1. The van der Waals surface area contributed by atoms with Crippen LogP contribution in [0.5, 0.6) is 11.5 Å². The molecule has 168 valence electrons. The fraction of sp³-hybridized carbons (Fsp3) is 0.435. The SMILES string of the molecule is COc1ccc(CNC(=O)c2cc(S(=O)(=O)N3CCCCCC3)ccc2C)cc1OC. The maximum absolute atomic E-state index is 13.1. The first kappa shape index (κ1) is 23.1. The average molecular weight is 447 g/mol. The molecule has 0 bridgehead atoms. The van der Waals surface area contributed by atoms with Gasteiger partial charge in [0, 0.05) is 25.2 Å². The number of carbonyl (C=O) groups excluding carboxylic acids is 1. The summed E-state index contributed by atoms with van der Waals surface area (Å²) in [4.78, 5) is 13.0. The first-order chi connectivity index (χ1) is 14.9. The molecule has 0 saturated carbocycles. The Balaban J connectivity index is 1.77. The van der Waals surface area contributed by atoms with E-state index in [9.17, 15) is 13.2 Å². The van der Waals surface area contributed by atoms with Crippen molar-refractivity contribution in [3.63, 3.8) is 0 Å². The second kappa shape index (κ2) is 10.2. The van der Waals surface area contributed by atoms with Gasteiger partial charge in [0.25, 0.3) is 5.91 Å². The fourth-order valence-corrected chi connectivity index (χ4v) is 5.25. The van der Waals surface area contributed by atoms with Gasteiger partial charge in [-0.1, -0.05) is 25.0 Å². The van der Waals surface area contributed by atoms with Gasteiger partial charge in [-0.15, -0.1) is 0 Å². The molecule has 0 aliphatic carbocycles. The molecule has 0 spiro atoms. The van der Waals surface area contributed by atoms with Gasteiger partial charge in [0.15, 0.2) is 11.5 Å². The third kappa shape index (κ3) is 5.37. The number of amides is 1. The molecule has 0 radical (unpaired) electrons. The van der Waals surface area contributed by atoms with Crippen LogP contribution in [-0.4, -0.2) is 45.9 Å². The van der Waals surface area contributed by atoms with Crippen molar-refractivity contribution in [1.29, 1.82) is 0 Å². The van der Waals surface area contributed by atoms with Gasteiger partial charge in [0.1, 0.15) is 0 Å². The predicted molar refractivity (Wildman–Crippen MR) is 119 cm³/mol. The Hall–Kier alpha value is -2.58. The number of benzene rings is 2. The molecule has 0 atom stereocenters. The first-order valence-electron chi connectivity index (χ1n) is 10.5. The average Bonchev–Trinajstić information content (AvgIpc) is 3.07. The summed E-state index contributed by atoms with van der Waals surface area (Å²) in [6, 6.07) is 10.2. The molecule has 1 saturated heterocycles. The van der Waals surface area contributed by atoms with Crippen molar-refractivity contribution in [1.82, 2.24) is 9.62 Å². The van der Waals surface area contributed by atoms with Gasteiger partial charge in [-0.2, -0.15) is 4.31 Å². The van der Waals surface area contributed by atoms with Crippen LogP contribution in [-0.2, 0) is 16.6 Å². The normalized spacial score (nSPS) is 15.2. The zero-order chi connectivity index (χ0) is 22.4. The van der Waals surface area contributed by atoms with Crippen molar-refractivity contribution < 1.29 is 22.7 Å². The minimum atomic E-state index is -3.62. The number of ether oxygens (including phenoxy) is 2. The molecule has 2 aromatic carbocycles. The Morgan fingerprint density at radius 2 is 1.65 bits per heavy atom. The molecule has 3 rings (SSSR count). The summed E-state index contributed by atoms with van der Waals surface area (Å²) >= 11 is 0. The van der Waals surface area contributed by atoms with E-state index in [0.717, 1.165) is 36.8 Å². The standard InChI is InChI=1S/C23H30N2O5S/c1-17-8-10-19(31(27,28)25-12-6-4-5-7-13-25)15-20(17)23(26)24-16-18-9-11-21(29-2)22(14-18)30-3/h8-11,14-15H,4-7,12-13,16H2,1-3H3,(H,24,26). The van der Waals surface area contributed by atoms with E-state index >= 15 is 0 Å². The van der Waals surface area contributed by atoms with Crippen molar-refractivity contribution in [3.05, 3.63) is 53.1 Å². The molecule has 8 heteroatoms. The first-order valence-corrected chi connectivity index (χ1v) is 11.9. The zero-order valence-electron chi connectivity index (χ0n) is 18.3. The third-order valence-corrected chi connectivity index (χ3v) is 7.45. The third-order valence-electron chi connectivity index (χ3n) is 5.56. The van der Waals surface area contributed by atoms with E-state index < -0.39 is 10.0 Å². The summed E-state index contributed by atoms with van der Waals surface area (Å²) < 4.78 is 38.3. The number of nitrogens with zero attached hydrogens (tertiary/aromatic N) is 1. The molecule has 1 aliphatic rings. The number of nitrogens with one attached hydrogen (secondary N) is 1. The molecule has 1 aliphatic heterocycles. The second-order valence-corrected chi connectivity index (χ2v) is 9.60. The minimum Gasteiger partial charge on any atom is -0.493 e. The molecule has 1 amide bonds. The van der Waals surface area contributed by atoms with Crippen LogP contribution in [0, 0.1) is 6.92 Å². The van der Waals surface area contributed by atoms with E-state index in [1.54, 1.807) is 45.4 Å². The Bertz CT molecular complexity index is 1030. The van der Waals surface area contributed by atoms with Gasteiger partial charge >= 0.3 is 0 Å². The topological polar surface area (TPSA) is 84.9 Å². The van der Waals surface area contributed by atoms with Crippen LogP contribution < -0.4 is 14.8 Å². The van der Waals surface area contributed by atoms with E-state index in [-0.39, 0.29) is 17.3 Å². The highest BCUT2D eigenvalue weighted by Gasteiger charge is 2.26. The summed E-state index contributed by atoms with van der Waals surface area (Å²) in [6.07, 6.45) is 3.82. The van der Waals surface area contributed by atoms with Crippen molar-refractivity contribution in [3.8, 4) is 11.5 Å². The van der Waals surface area contributed by atoms with Crippen molar-refractivity contribution in [2.45, 2.75) is 44.0 Å². The molecule has 0 aromatic heterocycles. The second-order valence-electron chi connectivity index (χ2n) is 7.67. The van der Waals surface area contributed by atoms with Crippen molar-refractivity contribution >= 4 is 15.9 Å². The monoisotopic (exact) mass is 446 g/mol. The maximum atomic E-state index is 13.1. The smallest absolute Gasteiger partial charge is 0.251 e. The van der Waals surface area contributed by atoms with Crippen LogP contribution in [0.3, 0.4) is 0 Å². The van der Waals surface area contributed by atoms with Crippen LogP contribution in [0.4, 0.5) is 0 Å². The summed E-state index contributed by atoms with van der Waals surface area (Å²) in [5, 5.41) is 2.87. The number of carbonyl (C=O) groups is 1. The molecule has 1 N–H and O–H groups in total. The molecule has 2 aromatic rings. The molecule has 1 heterocycles. The number of methoxy groups -OCH3 is 2. The number of sulfonamides is 1. The molecular weight excluding hydrogens is 416 g/mol. The van der Waals surface area contributed by atoms with E-state index in [0.29, 0.717) is 30.2 Å². The number of hydrogen-bond acceptors (Lipinski definition) is 5. The van der Waals surface area contributed by atoms with Gasteiger partial charge < -0.3 is 14.8 Å². The Morgan fingerprint density at radius 3 is 2.29 bits per heavy atom. The highest BCUT2D eigenvalue weighted by molar-refractivity contribution is 7.89. The highest BCUT2D eigenvalue weighted by atomic mass is 32.2. The maximum Gasteiger partial charge on any atom is 0.251 e. The van der Waals surface area contributed by atoms with Gasteiger partial charge in [-0.3, -0.25) is 4.79 Å². The summed E-state index contributed by atoms with van der Waals surface area (Å²) in [5.74, 6) is 0.871. The predicted octanol–water partition coefficient (Wildman–Crippen LogP) is 3.51. The largest absolute Gasteiger partial charge is 0.493 e. The van der Waals surface area contributed by atoms with Crippen LogP contribution in [0.1, 0.15) is 47.2 Å². The van der Waals surface area contributed by atoms with Crippen LogP contribution in [0.2, 0.25) is 0 Å². The lowest BCUT2D eigenvalue weighted by atomic mass is 10.1. The Morgan fingerprint density at radius 1 is 0.968 bits per heavy atom. The van der Waals surface area contributed by atoms with Gasteiger partial charge in [0.05, 0.1) is 19.1 Å². The van der Waals surface area contributed by atoms with Crippen LogP contribution in [0.15, 0.2) is 41.3 Å². The number of rotatable bonds is 7. The zero-order valence-corrected chi connectivity index (χ0v) is 19.1. The van der Waals surface area contributed by atoms with Crippen molar-refractivity contribution in [2.75, 3.05) is 27.3 Å². The van der Waals surface area contributed by atoms with Gasteiger partial charge in [-0.05, 0) is 55.2 Å². The molecule has 7 nitrogen and oxygen atoms in total. The summed E-state index contributed by atoms with van der Waals surface area (Å²) in [7, 11) is -0.499. The minimum absolute atomic E-state index is 0.163. The van der Waals surface area contributed by atoms with Crippen LogP contribution in [0.25, 0.3) is 0 Å². The molecule has 0 unspecified atom stereocenters. The summed E-state index contributed by atoms with van der Waals surface area (Å²) in [6.45, 7) is 3.13. The quantitative estimate of drug-likeness (QED) is 0.704. The summed E-state index contributed by atoms with van der Waals surface area (Å²) in [5.41, 5.74) is 1.92. The highest BCUT2D eigenvalue weighted by Crippen LogP contribution is 2.27. The Labute approximate surface area is 184 Å². The van der Waals surface area contributed by atoms with Crippen LogP contribution >= 0.6 is 0 Å².